The van der Waals surface area contributed by atoms with E-state index in [0.717, 1.165) is 22.3 Å². The summed E-state index contributed by atoms with van der Waals surface area (Å²) in [5.41, 5.74) is 3.69. The van der Waals surface area contributed by atoms with Crippen LogP contribution in [0.2, 0.25) is 0 Å². The Hall–Kier alpha value is -3.75. The summed E-state index contributed by atoms with van der Waals surface area (Å²) in [6.07, 6.45) is 3.14. The van der Waals surface area contributed by atoms with Crippen molar-refractivity contribution >= 4 is 24.7 Å². The molecule has 0 saturated heterocycles. The van der Waals surface area contributed by atoms with Crippen LogP contribution in [-0.2, 0) is 6.54 Å². The number of rotatable bonds is 5. The van der Waals surface area contributed by atoms with E-state index >= 15 is 0 Å². The second-order valence-corrected chi connectivity index (χ2v) is 7.08. The fourth-order valence-electron chi connectivity index (χ4n) is 3.62. The van der Waals surface area contributed by atoms with Crippen molar-refractivity contribution in [2.75, 3.05) is 20.8 Å². The largest absolute Gasteiger partial charge is 0.493 e. The van der Waals surface area contributed by atoms with Gasteiger partial charge in [0.2, 0.25) is 11.6 Å². The van der Waals surface area contributed by atoms with Crippen LogP contribution in [0.5, 0.6) is 23.1 Å². The number of fused-ring (bicyclic) bond motifs is 2. The van der Waals surface area contributed by atoms with Gasteiger partial charge in [0.25, 0.3) is 0 Å². The van der Waals surface area contributed by atoms with Crippen LogP contribution in [0.4, 0.5) is 0 Å². The molecule has 2 radical (unpaired) electrons. The standard InChI is InChI=1S/C22H19BN4O4/c1-28-16-8-13(11-27-21-15(26-22(27)23)4-3-7-24-21)9-17-20(16)31-18(12-30-17)14-5-6-19(29-2)25-10-14/h3-10,18H,11-12H2,1-2H3. The van der Waals surface area contributed by atoms with E-state index in [4.69, 9.17) is 26.8 Å². The highest BCUT2D eigenvalue weighted by Gasteiger charge is 2.27. The van der Waals surface area contributed by atoms with Gasteiger partial charge in [-0.25, -0.2) is 15.0 Å². The van der Waals surface area contributed by atoms with Gasteiger partial charge < -0.3 is 23.5 Å². The van der Waals surface area contributed by atoms with Crippen molar-refractivity contribution in [3.05, 3.63) is 59.9 Å². The Morgan fingerprint density at radius 1 is 1.16 bits per heavy atom. The second-order valence-electron chi connectivity index (χ2n) is 7.08. The summed E-state index contributed by atoms with van der Waals surface area (Å²) >= 11 is 0. The van der Waals surface area contributed by atoms with Crippen molar-refractivity contribution in [1.82, 2.24) is 19.5 Å². The quantitative estimate of drug-likeness (QED) is 0.463. The molecule has 1 aromatic carbocycles. The van der Waals surface area contributed by atoms with Crippen molar-refractivity contribution in [1.29, 1.82) is 0 Å². The molecule has 0 saturated carbocycles. The van der Waals surface area contributed by atoms with Crippen LogP contribution >= 0.6 is 0 Å². The van der Waals surface area contributed by atoms with Gasteiger partial charge in [-0.15, -0.1) is 0 Å². The third-order valence-corrected chi connectivity index (χ3v) is 5.16. The average Bonchev–Trinajstić information content (AvgIpc) is 3.13. The Kier molecular flexibility index (Phi) is 4.86. The maximum absolute atomic E-state index is 6.21. The van der Waals surface area contributed by atoms with Crippen LogP contribution in [0, 0.1) is 0 Å². The highest BCUT2D eigenvalue weighted by Crippen LogP contribution is 2.44. The van der Waals surface area contributed by atoms with E-state index in [9.17, 15) is 0 Å². The Balaban J connectivity index is 1.45. The molecule has 0 spiro atoms. The van der Waals surface area contributed by atoms with E-state index in [0.29, 0.717) is 42.0 Å². The van der Waals surface area contributed by atoms with Gasteiger partial charge in [-0.1, -0.05) is 0 Å². The van der Waals surface area contributed by atoms with E-state index in [-0.39, 0.29) is 6.10 Å². The lowest BCUT2D eigenvalue weighted by molar-refractivity contribution is 0.0867. The molecule has 4 heterocycles. The molecule has 0 bridgehead atoms. The SMILES string of the molecule is [B]c1nc2cccnc2n1Cc1cc(OC)c2c(c1)OCC(c1ccc(OC)nc1)O2. The molecular weight excluding hydrogens is 395 g/mol. The Labute approximate surface area is 180 Å². The number of nitrogens with zero attached hydrogens (tertiary/aromatic N) is 4. The van der Waals surface area contributed by atoms with Gasteiger partial charge in [0.1, 0.15) is 12.1 Å². The van der Waals surface area contributed by atoms with Crippen LogP contribution in [0.15, 0.2) is 48.8 Å². The molecule has 0 aliphatic carbocycles. The minimum atomic E-state index is -0.303. The van der Waals surface area contributed by atoms with Crippen LogP contribution in [0.25, 0.3) is 11.2 Å². The smallest absolute Gasteiger partial charge is 0.212 e. The molecule has 0 N–H and O–H groups in total. The predicted octanol–water partition coefficient (Wildman–Crippen LogP) is 2.20. The minimum absolute atomic E-state index is 0.303. The lowest BCUT2D eigenvalue weighted by Crippen LogP contribution is -2.23. The normalized spacial score (nSPS) is 15.1. The third-order valence-electron chi connectivity index (χ3n) is 5.16. The van der Waals surface area contributed by atoms with E-state index in [1.165, 1.54) is 0 Å². The second kappa shape index (κ2) is 7.83. The first-order chi connectivity index (χ1) is 15.2. The molecule has 1 unspecified atom stereocenters. The zero-order valence-corrected chi connectivity index (χ0v) is 17.1. The number of hydrogen-bond donors (Lipinski definition) is 0. The lowest BCUT2D eigenvalue weighted by Gasteiger charge is -2.28. The summed E-state index contributed by atoms with van der Waals surface area (Å²) in [6.45, 7) is 0.823. The average molecular weight is 414 g/mol. The monoisotopic (exact) mass is 414 g/mol. The molecule has 3 aromatic heterocycles. The van der Waals surface area contributed by atoms with E-state index in [2.05, 4.69) is 15.0 Å². The van der Waals surface area contributed by atoms with Crippen molar-refractivity contribution in [3.63, 3.8) is 0 Å². The zero-order valence-electron chi connectivity index (χ0n) is 17.1. The molecule has 154 valence electrons. The Morgan fingerprint density at radius 3 is 2.84 bits per heavy atom. The molecule has 8 nitrogen and oxygen atoms in total. The van der Waals surface area contributed by atoms with E-state index < -0.39 is 0 Å². The predicted molar refractivity (Wildman–Crippen MR) is 115 cm³/mol. The molecule has 1 aliphatic heterocycles. The van der Waals surface area contributed by atoms with E-state index in [1.54, 1.807) is 32.7 Å². The molecule has 4 aromatic rings. The van der Waals surface area contributed by atoms with Gasteiger partial charge in [0, 0.05) is 24.0 Å². The van der Waals surface area contributed by atoms with Crippen LogP contribution in [0.3, 0.4) is 0 Å². The molecule has 1 atom stereocenters. The van der Waals surface area contributed by atoms with Crippen molar-refractivity contribution < 1.29 is 18.9 Å². The minimum Gasteiger partial charge on any atom is -0.493 e. The van der Waals surface area contributed by atoms with Crippen LogP contribution in [-0.4, -0.2) is 48.2 Å². The van der Waals surface area contributed by atoms with Crippen LogP contribution < -0.4 is 24.7 Å². The van der Waals surface area contributed by atoms with E-state index in [1.807, 2.05) is 34.9 Å². The molecule has 31 heavy (non-hydrogen) atoms. The molecule has 5 rings (SSSR count). The van der Waals surface area contributed by atoms with Gasteiger partial charge in [-0.2, -0.15) is 0 Å². The van der Waals surface area contributed by atoms with Crippen molar-refractivity contribution in [2.45, 2.75) is 12.6 Å². The topological polar surface area (TPSA) is 80.5 Å². The molecular formula is C22H19BN4O4. The Bertz CT molecular complexity index is 1230. The van der Waals surface area contributed by atoms with Crippen molar-refractivity contribution in [3.8, 4) is 23.1 Å². The first-order valence-electron chi connectivity index (χ1n) is 9.73. The van der Waals surface area contributed by atoms with Gasteiger partial charge in [-0.3, -0.25) is 0 Å². The number of aromatic nitrogens is 4. The molecule has 0 fully saturated rings. The summed E-state index contributed by atoms with van der Waals surface area (Å²) in [6, 6.07) is 11.3. The summed E-state index contributed by atoms with van der Waals surface area (Å²) in [7, 11) is 9.30. The number of pyridine rings is 2. The fraction of sp³-hybridized carbons (Fsp3) is 0.227. The summed E-state index contributed by atoms with van der Waals surface area (Å²) in [4.78, 5) is 13.0. The maximum atomic E-state index is 6.21. The highest BCUT2D eigenvalue weighted by atomic mass is 16.6. The van der Waals surface area contributed by atoms with Crippen LogP contribution in [0.1, 0.15) is 17.2 Å². The van der Waals surface area contributed by atoms with Gasteiger partial charge in [0.15, 0.2) is 31.1 Å². The summed E-state index contributed by atoms with van der Waals surface area (Å²) in [5.74, 6) is 2.29. The third kappa shape index (κ3) is 3.52. The highest BCUT2D eigenvalue weighted by molar-refractivity contribution is 6.30. The number of imidazole rings is 1. The number of benzene rings is 1. The van der Waals surface area contributed by atoms with Gasteiger partial charge in [0.05, 0.1) is 26.5 Å². The van der Waals surface area contributed by atoms with Gasteiger partial charge in [-0.05, 0) is 35.9 Å². The molecule has 9 heteroatoms. The summed E-state index contributed by atoms with van der Waals surface area (Å²) < 4.78 is 24.8. The van der Waals surface area contributed by atoms with Crippen molar-refractivity contribution in [2.24, 2.45) is 0 Å². The Morgan fingerprint density at radius 2 is 2.06 bits per heavy atom. The van der Waals surface area contributed by atoms with Gasteiger partial charge >= 0.3 is 0 Å². The number of hydrogen-bond acceptors (Lipinski definition) is 7. The number of ether oxygens (including phenoxy) is 4. The lowest BCUT2D eigenvalue weighted by atomic mass is 10.1. The first kappa shape index (κ1) is 19.2. The fourth-order valence-corrected chi connectivity index (χ4v) is 3.62. The zero-order chi connectivity index (χ0) is 21.4. The summed E-state index contributed by atoms with van der Waals surface area (Å²) in [5, 5.41) is 0. The molecule has 1 aliphatic rings. The first-order valence-corrected chi connectivity index (χ1v) is 9.73. The molecule has 0 amide bonds. The number of methoxy groups -OCH3 is 2. The maximum Gasteiger partial charge on any atom is 0.212 e.